The quantitative estimate of drug-likeness (QED) is 0.444. The van der Waals surface area contributed by atoms with Crippen molar-refractivity contribution in [3.63, 3.8) is 0 Å². The highest BCUT2D eigenvalue weighted by molar-refractivity contribution is 5.89. The maximum Gasteiger partial charge on any atom is 0.221 e. The van der Waals surface area contributed by atoms with Crippen LogP contribution in [-0.2, 0) is 18.4 Å². The van der Waals surface area contributed by atoms with E-state index in [9.17, 15) is 9.18 Å². The molecular weight excluding hydrogens is 445 g/mol. The number of hydrogen-bond donors (Lipinski definition) is 2. The third-order valence-corrected chi connectivity index (χ3v) is 6.68. The highest BCUT2D eigenvalue weighted by atomic mass is 19.1. The molecule has 1 saturated heterocycles. The summed E-state index contributed by atoms with van der Waals surface area (Å²) in [5.74, 6) is -0.273. The monoisotopic (exact) mass is 473 g/mol. The van der Waals surface area contributed by atoms with Crippen LogP contribution in [0.3, 0.4) is 0 Å². The van der Waals surface area contributed by atoms with E-state index < -0.39 is 0 Å². The van der Waals surface area contributed by atoms with Crippen molar-refractivity contribution in [2.45, 2.75) is 31.8 Å². The van der Waals surface area contributed by atoms with Crippen LogP contribution in [0.25, 0.3) is 33.4 Å². The molecule has 3 heterocycles. The first-order valence-electron chi connectivity index (χ1n) is 11.7. The highest BCUT2D eigenvalue weighted by Gasteiger charge is 2.24. The second-order valence-corrected chi connectivity index (χ2v) is 9.08. The number of aryl methyl sites for hydroxylation is 1. The number of hydrogen-bond acceptors (Lipinski definition) is 6. The Hall–Kier alpha value is -3.85. The summed E-state index contributed by atoms with van der Waals surface area (Å²) in [5.41, 5.74) is 11.4. The molecule has 0 bridgehead atoms. The van der Waals surface area contributed by atoms with Gasteiger partial charge in [0.2, 0.25) is 11.9 Å². The van der Waals surface area contributed by atoms with Crippen molar-refractivity contribution in [3.05, 3.63) is 60.3 Å². The van der Waals surface area contributed by atoms with Gasteiger partial charge in [0, 0.05) is 30.6 Å². The van der Waals surface area contributed by atoms with Crippen LogP contribution < -0.4 is 11.1 Å². The Morgan fingerprint density at radius 1 is 1.14 bits per heavy atom. The van der Waals surface area contributed by atoms with Gasteiger partial charge in [-0.25, -0.2) is 19.3 Å². The lowest BCUT2D eigenvalue weighted by molar-refractivity contribution is -0.122. The van der Waals surface area contributed by atoms with E-state index in [1.54, 1.807) is 18.5 Å². The largest absolute Gasteiger partial charge is 0.368 e. The van der Waals surface area contributed by atoms with E-state index in [4.69, 9.17) is 5.73 Å². The second-order valence-electron chi connectivity index (χ2n) is 9.08. The first-order valence-corrected chi connectivity index (χ1v) is 11.7. The molecular formula is C26H28FN7O. The molecule has 1 atom stereocenters. The van der Waals surface area contributed by atoms with Gasteiger partial charge in [-0.05, 0) is 68.4 Å². The van der Waals surface area contributed by atoms with E-state index in [0.29, 0.717) is 23.4 Å². The summed E-state index contributed by atoms with van der Waals surface area (Å²) in [5, 5.41) is 3.03. The minimum Gasteiger partial charge on any atom is -0.368 e. The molecule has 3 N–H and O–H groups in total. The van der Waals surface area contributed by atoms with Crippen LogP contribution in [0.4, 0.5) is 10.3 Å². The van der Waals surface area contributed by atoms with Crippen LogP contribution in [0, 0.1) is 5.82 Å². The standard InChI is InChI=1S/C26H28FN7O/c1-33-11-3-4-19(33)13-23(35)29-14-21-24(17-7-10-20-22(12-17)34(2)15-30-20)25(32-26(28)31-21)16-5-8-18(27)9-6-16/h5-10,12,15,19H,3-4,11,13-14H2,1-2H3,(H,29,35)(H2,28,31,32)/t19-/m0/s1. The molecule has 0 saturated carbocycles. The second kappa shape index (κ2) is 9.42. The number of anilines is 1. The summed E-state index contributed by atoms with van der Waals surface area (Å²) in [6, 6.07) is 12.3. The van der Waals surface area contributed by atoms with Gasteiger partial charge in [-0.2, -0.15) is 0 Å². The zero-order valence-electron chi connectivity index (χ0n) is 19.8. The Morgan fingerprint density at radius 2 is 1.91 bits per heavy atom. The van der Waals surface area contributed by atoms with E-state index in [2.05, 4.69) is 32.2 Å². The summed E-state index contributed by atoms with van der Waals surface area (Å²) in [6.45, 7) is 1.22. The lowest BCUT2D eigenvalue weighted by Crippen LogP contribution is -2.33. The Morgan fingerprint density at radius 3 is 2.66 bits per heavy atom. The molecule has 1 aliphatic rings. The molecule has 1 amide bonds. The van der Waals surface area contributed by atoms with Crippen molar-refractivity contribution in [3.8, 4) is 22.4 Å². The van der Waals surface area contributed by atoms with E-state index >= 15 is 0 Å². The molecule has 4 aromatic rings. The highest BCUT2D eigenvalue weighted by Crippen LogP contribution is 2.35. The zero-order chi connectivity index (χ0) is 24.5. The molecule has 1 fully saturated rings. The molecule has 0 aliphatic carbocycles. The number of fused-ring (bicyclic) bond motifs is 1. The fourth-order valence-electron chi connectivity index (χ4n) is 4.76. The number of imidazole rings is 1. The van der Waals surface area contributed by atoms with Crippen LogP contribution >= 0.6 is 0 Å². The fraction of sp³-hybridized carbons (Fsp3) is 0.308. The average Bonchev–Trinajstić information content (AvgIpc) is 3.42. The minimum atomic E-state index is -0.335. The third kappa shape index (κ3) is 4.72. The predicted molar refractivity (Wildman–Crippen MR) is 134 cm³/mol. The zero-order valence-corrected chi connectivity index (χ0v) is 19.8. The summed E-state index contributed by atoms with van der Waals surface area (Å²) in [6.07, 6.45) is 4.34. The number of nitrogen functional groups attached to an aromatic ring is 1. The maximum absolute atomic E-state index is 13.7. The van der Waals surface area contributed by atoms with Crippen molar-refractivity contribution in [2.24, 2.45) is 7.05 Å². The Balaban J connectivity index is 1.55. The van der Waals surface area contributed by atoms with Gasteiger partial charge in [-0.3, -0.25) is 4.79 Å². The third-order valence-electron chi connectivity index (χ3n) is 6.68. The molecule has 1 aliphatic heterocycles. The number of nitrogens with one attached hydrogen (secondary N) is 1. The number of aromatic nitrogens is 4. The number of rotatable bonds is 6. The Labute approximate surface area is 203 Å². The topological polar surface area (TPSA) is 102 Å². The molecule has 8 nitrogen and oxygen atoms in total. The predicted octanol–water partition coefficient (Wildman–Crippen LogP) is 3.52. The van der Waals surface area contributed by atoms with Crippen molar-refractivity contribution in [2.75, 3.05) is 19.3 Å². The first kappa shape index (κ1) is 22.9. The number of halogens is 1. The summed E-state index contributed by atoms with van der Waals surface area (Å²) >= 11 is 0. The first-order chi connectivity index (χ1) is 16.9. The summed E-state index contributed by atoms with van der Waals surface area (Å²) < 4.78 is 15.6. The number of carbonyl (C=O) groups is 1. The lowest BCUT2D eigenvalue weighted by Gasteiger charge is -2.19. The van der Waals surface area contributed by atoms with Gasteiger partial charge in [0.1, 0.15) is 5.82 Å². The lowest BCUT2D eigenvalue weighted by atomic mass is 9.96. The number of amides is 1. The van der Waals surface area contributed by atoms with Crippen molar-refractivity contribution >= 4 is 22.9 Å². The summed E-state index contributed by atoms with van der Waals surface area (Å²) in [7, 11) is 3.98. The van der Waals surface area contributed by atoms with Crippen LogP contribution in [-0.4, -0.2) is 50.0 Å². The molecule has 0 spiro atoms. The smallest absolute Gasteiger partial charge is 0.221 e. The van der Waals surface area contributed by atoms with Gasteiger partial charge < -0.3 is 20.5 Å². The average molecular weight is 474 g/mol. The molecule has 35 heavy (non-hydrogen) atoms. The molecule has 0 radical (unpaired) electrons. The normalized spacial score (nSPS) is 16.1. The minimum absolute atomic E-state index is 0.0303. The molecule has 2 aromatic carbocycles. The van der Waals surface area contributed by atoms with Gasteiger partial charge in [0.05, 0.1) is 35.3 Å². The molecule has 2 aromatic heterocycles. The van der Waals surface area contributed by atoms with Crippen LogP contribution in [0.15, 0.2) is 48.8 Å². The van der Waals surface area contributed by atoms with Gasteiger partial charge in [-0.1, -0.05) is 6.07 Å². The number of carbonyl (C=O) groups excluding carboxylic acids is 1. The number of benzene rings is 2. The number of likely N-dealkylation sites (tertiary alicyclic amines) is 1. The Bertz CT molecular complexity index is 1380. The number of nitrogens with zero attached hydrogens (tertiary/aromatic N) is 5. The van der Waals surface area contributed by atoms with Crippen molar-refractivity contribution < 1.29 is 9.18 Å². The fourth-order valence-corrected chi connectivity index (χ4v) is 4.76. The van der Waals surface area contributed by atoms with Crippen molar-refractivity contribution in [1.82, 2.24) is 29.7 Å². The van der Waals surface area contributed by atoms with Gasteiger partial charge in [0.15, 0.2) is 0 Å². The van der Waals surface area contributed by atoms with E-state index in [-0.39, 0.29) is 30.3 Å². The molecule has 9 heteroatoms. The van der Waals surface area contributed by atoms with Crippen LogP contribution in [0.2, 0.25) is 0 Å². The maximum atomic E-state index is 13.7. The summed E-state index contributed by atoms with van der Waals surface area (Å²) in [4.78, 5) is 28.4. The van der Waals surface area contributed by atoms with Crippen LogP contribution in [0.1, 0.15) is 25.0 Å². The van der Waals surface area contributed by atoms with Gasteiger partial charge in [-0.15, -0.1) is 0 Å². The Kier molecular flexibility index (Phi) is 6.17. The van der Waals surface area contributed by atoms with Crippen LogP contribution in [0.5, 0.6) is 0 Å². The van der Waals surface area contributed by atoms with E-state index in [0.717, 1.165) is 41.5 Å². The van der Waals surface area contributed by atoms with Gasteiger partial charge >= 0.3 is 0 Å². The molecule has 5 rings (SSSR count). The van der Waals surface area contributed by atoms with E-state index in [1.807, 2.05) is 29.8 Å². The molecule has 180 valence electrons. The molecule has 0 unspecified atom stereocenters. The van der Waals surface area contributed by atoms with E-state index in [1.165, 1.54) is 12.1 Å². The van der Waals surface area contributed by atoms with Crippen molar-refractivity contribution in [1.29, 1.82) is 0 Å². The number of nitrogens with two attached hydrogens (primary N) is 1. The van der Waals surface area contributed by atoms with Gasteiger partial charge in [0.25, 0.3) is 0 Å². The SMILES string of the molecule is CN1CCC[C@H]1CC(=O)NCc1nc(N)nc(-c2ccc(F)cc2)c1-c1ccc2ncn(C)c2c1.